The summed E-state index contributed by atoms with van der Waals surface area (Å²) in [4.78, 5) is 17.1. The molecule has 4 nitrogen and oxygen atoms in total. The second kappa shape index (κ2) is 8.71. The van der Waals surface area contributed by atoms with Crippen LogP contribution >= 0.6 is 24.0 Å². The predicted molar refractivity (Wildman–Crippen MR) is 102 cm³/mol. The van der Waals surface area contributed by atoms with Crippen LogP contribution in [-0.4, -0.2) is 27.8 Å². The van der Waals surface area contributed by atoms with Crippen LogP contribution in [0.1, 0.15) is 16.8 Å². The van der Waals surface area contributed by atoms with Crippen molar-refractivity contribution in [3.05, 3.63) is 60.2 Å². The molecule has 1 heterocycles. The number of halogens is 2. The van der Waals surface area contributed by atoms with E-state index in [2.05, 4.69) is 10.3 Å². The number of carbonyl (C=O) groups excluding carboxylic acids is 1. The number of imidazole rings is 1. The summed E-state index contributed by atoms with van der Waals surface area (Å²) in [7, 11) is 0. The van der Waals surface area contributed by atoms with Gasteiger partial charge in [0.05, 0.1) is 17.6 Å². The third-order valence-corrected chi connectivity index (χ3v) is 3.91. The maximum Gasteiger partial charge on any atom is 0.204 e. The molecule has 0 aliphatic carbocycles. The third kappa shape index (κ3) is 4.08. The van der Waals surface area contributed by atoms with Crippen molar-refractivity contribution in [2.45, 2.75) is 13.0 Å². The fourth-order valence-corrected chi connectivity index (χ4v) is 2.63. The molecular weight excluding hydrogens is 345 g/mol. The van der Waals surface area contributed by atoms with Crippen molar-refractivity contribution >= 4 is 46.8 Å². The molecule has 6 heteroatoms. The molecular formula is C18H19Cl2N3O. The lowest BCUT2D eigenvalue weighted by Crippen LogP contribution is -2.14. The van der Waals surface area contributed by atoms with Gasteiger partial charge in [-0.1, -0.05) is 42.5 Å². The molecule has 3 rings (SSSR count). The van der Waals surface area contributed by atoms with Gasteiger partial charge < -0.3 is 9.88 Å². The predicted octanol–water partition coefficient (Wildman–Crippen LogP) is 4.38. The maximum atomic E-state index is 12.5. The van der Waals surface area contributed by atoms with E-state index in [4.69, 9.17) is 11.6 Å². The molecule has 0 bridgehead atoms. The lowest BCUT2D eigenvalue weighted by molar-refractivity contribution is 0.0974. The van der Waals surface area contributed by atoms with Crippen molar-refractivity contribution in [2.75, 3.05) is 17.7 Å². The number of anilines is 1. The van der Waals surface area contributed by atoms with Gasteiger partial charge in [-0.15, -0.1) is 24.0 Å². The minimum Gasteiger partial charge on any atom is -0.356 e. The Hall–Kier alpha value is -2.04. The lowest BCUT2D eigenvalue weighted by atomic mass is 10.1. The standard InChI is InChI=1S/C18H18ClN3O.ClH/c19-11-6-12-20-18-21-15-9-4-5-10-16(15)22(18)13-17(23)14-7-2-1-3-8-14;/h1-5,7-10H,6,11-13H2,(H,20,21);1H. The Labute approximate surface area is 152 Å². The molecule has 0 amide bonds. The number of nitrogens with zero attached hydrogens (tertiary/aromatic N) is 2. The van der Waals surface area contributed by atoms with E-state index in [0.717, 1.165) is 24.0 Å². The van der Waals surface area contributed by atoms with E-state index < -0.39 is 0 Å². The first kappa shape index (κ1) is 18.3. The summed E-state index contributed by atoms with van der Waals surface area (Å²) < 4.78 is 1.93. The van der Waals surface area contributed by atoms with Crippen LogP contribution in [0.15, 0.2) is 54.6 Å². The van der Waals surface area contributed by atoms with E-state index in [1.54, 1.807) is 0 Å². The number of hydrogen-bond donors (Lipinski definition) is 1. The highest BCUT2D eigenvalue weighted by Gasteiger charge is 2.14. The Kier molecular flexibility index (Phi) is 6.64. The first-order chi connectivity index (χ1) is 11.3. The number of carbonyl (C=O) groups is 1. The van der Waals surface area contributed by atoms with Crippen molar-refractivity contribution in [1.82, 2.24) is 9.55 Å². The van der Waals surface area contributed by atoms with Crippen molar-refractivity contribution < 1.29 is 4.79 Å². The van der Waals surface area contributed by atoms with Crippen LogP contribution in [-0.2, 0) is 6.54 Å². The number of para-hydroxylation sites is 2. The Morgan fingerprint density at radius 3 is 2.54 bits per heavy atom. The normalized spacial score (nSPS) is 10.4. The molecule has 0 aliphatic heterocycles. The van der Waals surface area contributed by atoms with Crippen LogP contribution in [0.2, 0.25) is 0 Å². The molecule has 1 N–H and O–H groups in total. The number of aromatic nitrogens is 2. The fourth-order valence-electron chi connectivity index (χ4n) is 2.50. The van der Waals surface area contributed by atoms with Gasteiger partial charge in [-0.2, -0.15) is 0 Å². The van der Waals surface area contributed by atoms with Crippen molar-refractivity contribution in [3.63, 3.8) is 0 Å². The summed E-state index contributed by atoms with van der Waals surface area (Å²) >= 11 is 5.73. The quantitative estimate of drug-likeness (QED) is 0.384. The smallest absolute Gasteiger partial charge is 0.204 e. The van der Waals surface area contributed by atoms with Crippen LogP contribution in [0.25, 0.3) is 11.0 Å². The number of Topliss-reactive ketones (excluding diaryl/α,β-unsaturated/α-hetero) is 1. The van der Waals surface area contributed by atoms with E-state index in [1.165, 1.54) is 0 Å². The summed E-state index contributed by atoms with van der Waals surface area (Å²) in [5.41, 5.74) is 2.53. The Balaban J connectivity index is 0.00000208. The first-order valence-electron chi connectivity index (χ1n) is 7.63. The molecule has 0 spiro atoms. The highest BCUT2D eigenvalue weighted by Crippen LogP contribution is 2.20. The van der Waals surface area contributed by atoms with Crippen LogP contribution in [0.5, 0.6) is 0 Å². The number of benzene rings is 2. The van der Waals surface area contributed by atoms with E-state index in [1.807, 2.05) is 59.2 Å². The van der Waals surface area contributed by atoms with E-state index in [-0.39, 0.29) is 24.7 Å². The zero-order valence-electron chi connectivity index (χ0n) is 13.1. The van der Waals surface area contributed by atoms with E-state index >= 15 is 0 Å². The van der Waals surface area contributed by atoms with Crippen molar-refractivity contribution in [1.29, 1.82) is 0 Å². The number of nitrogens with one attached hydrogen (secondary N) is 1. The molecule has 126 valence electrons. The summed E-state index contributed by atoms with van der Waals surface area (Å²) in [5, 5.41) is 3.28. The van der Waals surface area contributed by atoms with Crippen LogP contribution < -0.4 is 5.32 Å². The number of rotatable bonds is 7. The number of hydrogen-bond acceptors (Lipinski definition) is 3. The zero-order chi connectivity index (χ0) is 16.1. The molecule has 0 fully saturated rings. The third-order valence-electron chi connectivity index (χ3n) is 3.65. The van der Waals surface area contributed by atoms with Gasteiger partial charge in [0.15, 0.2) is 5.78 Å². The highest BCUT2D eigenvalue weighted by atomic mass is 35.5. The first-order valence-corrected chi connectivity index (χ1v) is 8.16. The van der Waals surface area contributed by atoms with Gasteiger partial charge >= 0.3 is 0 Å². The minimum atomic E-state index is 0. The van der Waals surface area contributed by atoms with E-state index in [9.17, 15) is 4.79 Å². The Bertz CT molecular complexity index is 802. The van der Waals surface area contributed by atoms with Gasteiger partial charge in [-0.25, -0.2) is 4.98 Å². The summed E-state index contributed by atoms with van der Waals surface area (Å²) in [6.45, 7) is 0.986. The molecule has 0 saturated carbocycles. The molecule has 0 aliphatic rings. The molecule has 2 aromatic carbocycles. The molecule has 0 unspecified atom stereocenters. The topological polar surface area (TPSA) is 46.9 Å². The molecule has 1 aromatic heterocycles. The zero-order valence-corrected chi connectivity index (χ0v) is 14.7. The second-order valence-corrected chi connectivity index (χ2v) is 5.65. The number of fused-ring (bicyclic) bond motifs is 1. The van der Waals surface area contributed by atoms with Gasteiger partial charge in [-0.05, 0) is 18.6 Å². The summed E-state index contributed by atoms with van der Waals surface area (Å²) in [6, 6.07) is 17.2. The lowest BCUT2D eigenvalue weighted by Gasteiger charge is -2.10. The molecule has 24 heavy (non-hydrogen) atoms. The fraction of sp³-hybridized carbons (Fsp3) is 0.222. The minimum absolute atomic E-state index is 0. The van der Waals surface area contributed by atoms with Gasteiger partial charge in [0.2, 0.25) is 5.95 Å². The van der Waals surface area contributed by atoms with Gasteiger partial charge in [-0.3, -0.25) is 4.79 Å². The van der Waals surface area contributed by atoms with Crippen molar-refractivity contribution in [3.8, 4) is 0 Å². The molecule has 0 radical (unpaired) electrons. The molecule has 3 aromatic rings. The molecule has 0 saturated heterocycles. The largest absolute Gasteiger partial charge is 0.356 e. The van der Waals surface area contributed by atoms with Gasteiger partial charge in [0, 0.05) is 18.0 Å². The second-order valence-electron chi connectivity index (χ2n) is 5.27. The van der Waals surface area contributed by atoms with Gasteiger partial charge in [0.25, 0.3) is 0 Å². The summed E-state index contributed by atoms with van der Waals surface area (Å²) in [5.74, 6) is 1.37. The Morgan fingerprint density at radius 2 is 1.79 bits per heavy atom. The monoisotopic (exact) mass is 363 g/mol. The molecule has 0 atom stereocenters. The van der Waals surface area contributed by atoms with Crippen molar-refractivity contribution in [2.24, 2.45) is 0 Å². The summed E-state index contributed by atoms with van der Waals surface area (Å²) in [6.07, 6.45) is 0.845. The number of alkyl halides is 1. The average Bonchev–Trinajstić information content (AvgIpc) is 2.94. The average molecular weight is 364 g/mol. The van der Waals surface area contributed by atoms with Crippen LogP contribution in [0.3, 0.4) is 0 Å². The van der Waals surface area contributed by atoms with Crippen LogP contribution in [0, 0.1) is 0 Å². The SMILES string of the molecule is Cl.O=C(Cn1c(NCCCCl)nc2ccccc21)c1ccccc1. The Morgan fingerprint density at radius 1 is 1.08 bits per heavy atom. The maximum absolute atomic E-state index is 12.5. The van der Waals surface area contributed by atoms with Crippen LogP contribution in [0.4, 0.5) is 5.95 Å². The highest BCUT2D eigenvalue weighted by molar-refractivity contribution is 6.17. The number of ketones is 1. The van der Waals surface area contributed by atoms with Gasteiger partial charge in [0.1, 0.15) is 0 Å². The van der Waals surface area contributed by atoms with E-state index in [0.29, 0.717) is 17.4 Å².